The average molecular weight is 464 g/mol. The normalized spacial score (nSPS) is 18.2. The molecule has 2 aliphatic rings. The van der Waals surface area contributed by atoms with Crippen LogP contribution in [-0.4, -0.2) is 69.0 Å². The molecule has 2 aliphatic heterocycles. The van der Waals surface area contributed by atoms with Crippen molar-refractivity contribution in [1.29, 1.82) is 0 Å². The zero-order valence-corrected chi connectivity index (χ0v) is 19.5. The van der Waals surface area contributed by atoms with Crippen LogP contribution in [0.5, 0.6) is 0 Å². The number of nitrogens with zero attached hydrogens (tertiary/aromatic N) is 5. The first-order valence-corrected chi connectivity index (χ1v) is 12.4. The molecule has 0 aliphatic carbocycles. The Balaban J connectivity index is 1.33. The number of hydrogen-bond acceptors (Lipinski definition) is 8. The molecule has 180 valence electrons. The predicted molar refractivity (Wildman–Crippen MR) is 134 cm³/mol. The van der Waals surface area contributed by atoms with Crippen molar-refractivity contribution >= 4 is 28.4 Å². The van der Waals surface area contributed by atoms with Crippen LogP contribution in [0.2, 0.25) is 0 Å². The number of likely N-dealkylation sites (tertiary alicyclic amines) is 1. The molecule has 2 fully saturated rings. The number of aromatic amines is 1. The molecule has 3 N–H and O–H groups in total. The number of aliphatic hydroxyl groups excluding tert-OH is 1. The van der Waals surface area contributed by atoms with Crippen molar-refractivity contribution in [3.8, 4) is 0 Å². The standard InChI is InChI=1S/C25H33N7O2/c33-20-10-15-31(16-11-20)14-9-18-5-7-19(8-6-18)27-23-22-21(17-26-30-24(22)34)28-25(29-23)32-12-3-1-2-4-13-32/h5-8,17,20,33H,1-4,9-16H2,(H,30,34)(H,27,28,29). The highest BCUT2D eigenvalue weighted by atomic mass is 16.3. The van der Waals surface area contributed by atoms with Gasteiger partial charge in [-0.2, -0.15) is 10.1 Å². The lowest BCUT2D eigenvalue weighted by molar-refractivity contribution is 0.0832. The molecule has 5 rings (SSSR count). The van der Waals surface area contributed by atoms with Gasteiger partial charge in [-0.3, -0.25) is 4.79 Å². The summed E-state index contributed by atoms with van der Waals surface area (Å²) in [6, 6.07) is 8.30. The van der Waals surface area contributed by atoms with Crippen molar-refractivity contribution in [1.82, 2.24) is 25.1 Å². The highest BCUT2D eigenvalue weighted by Gasteiger charge is 2.18. The van der Waals surface area contributed by atoms with Crippen molar-refractivity contribution in [3.63, 3.8) is 0 Å². The Hall–Kier alpha value is -3.04. The zero-order chi connectivity index (χ0) is 23.3. The quantitative estimate of drug-likeness (QED) is 0.512. The summed E-state index contributed by atoms with van der Waals surface area (Å²) in [7, 11) is 0. The summed E-state index contributed by atoms with van der Waals surface area (Å²) in [6.45, 7) is 4.77. The molecule has 0 radical (unpaired) electrons. The van der Waals surface area contributed by atoms with Gasteiger partial charge in [0.25, 0.3) is 5.56 Å². The van der Waals surface area contributed by atoms with Gasteiger partial charge < -0.3 is 20.2 Å². The van der Waals surface area contributed by atoms with Crippen molar-refractivity contribution in [2.75, 3.05) is 42.9 Å². The van der Waals surface area contributed by atoms with E-state index >= 15 is 0 Å². The number of hydrogen-bond donors (Lipinski definition) is 3. The average Bonchev–Trinajstić information content (AvgIpc) is 3.14. The lowest BCUT2D eigenvalue weighted by Crippen LogP contribution is -2.37. The summed E-state index contributed by atoms with van der Waals surface area (Å²) >= 11 is 0. The van der Waals surface area contributed by atoms with E-state index < -0.39 is 0 Å². The fourth-order valence-electron chi connectivity index (χ4n) is 4.82. The maximum atomic E-state index is 12.6. The Morgan fingerprint density at radius 3 is 2.47 bits per heavy atom. The Labute approximate surface area is 199 Å². The minimum absolute atomic E-state index is 0.137. The lowest BCUT2D eigenvalue weighted by atomic mass is 10.1. The summed E-state index contributed by atoms with van der Waals surface area (Å²) in [5, 5.41) is 19.9. The van der Waals surface area contributed by atoms with E-state index in [0.29, 0.717) is 22.7 Å². The number of aliphatic hydroxyl groups is 1. The Kier molecular flexibility index (Phi) is 7.01. The SMILES string of the molecule is O=c1[nH]ncc2nc(N3CCCCCC3)nc(Nc3ccc(CCN4CCC(O)CC4)cc3)c12. The summed E-state index contributed by atoms with van der Waals surface area (Å²) in [5.74, 6) is 1.15. The van der Waals surface area contributed by atoms with Crippen LogP contribution >= 0.6 is 0 Å². The molecule has 0 spiro atoms. The molecule has 3 aromatic rings. The largest absolute Gasteiger partial charge is 0.393 e. The van der Waals surface area contributed by atoms with Crippen molar-refractivity contribution in [2.45, 2.75) is 51.0 Å². The molecule has 34 heavy (non-hydrogen) atoms. The van der Waals surface area contributed by atoms with Gasteiger partial charge in [-0.05, 0) is 49.8 Å². The highest BCUT2D eigenvalue weighted by Crippen LogP contribution is 2.25. The third-order valence-corrected chi connectivity index (χ3v) is 6.88. The number of benzene rings is 1. The molecule has 0 bridgehead atoms. The summed E-state index contributed by atoms with van der Waals surface area (Å²) in [4.78, 5) is 26.6. The Morgan fingerprint density at radius 1 is 1.00 bits per heavy atom. The van der Waals surface area contributed by atoms with E-state index in [2.05, 4.69) is 42.4 Å². The molecular formula is C25H33N7O2. The molecule has 4 heterocycles. The highest BCUT2D eigenvalue weighted by molar-refractivity contribution is 5.90. The third kappa shape index (κ3) is 5.37. The van der Waals surface area contributed by atoms with Gasteiger partial charge in [-0.15, -0.1) is 0 Å². The molecule has 1 aromatic carbocycles. The number of H-pyrrole nitrogens is 1. The maximum absolute atomic E-state index is 12.6. The molecule has 0 unspecified atom stereocenters. The van der Waals surface area contributed by atoms with Crippen molar-refractivity contribution in [2.24, 2.45) is 0 Å². The van der Waals surface area contributed by atoms with Crippen LogP contribution in [-0.2, 0) is 6.42 Å². The zero-order valence-electron chi connectivity index (χ0n) is 19.5. The second kappa shape index (κ2) is 10.5. The first-order valence-electron chi connectivity index (χ1n) is 12.4. The predicted octanol–water partition coefficient (Wildman–Crippen LogP) is 2.84. The van der Waals surface area contributed by atoms with E-state index in [9.17, 15) is 9.90 Å². The fraction of sp³-hybridized carbons (Fsp3) is 0.520. The second-order valence-electron chi connectivity index (χ2n) is 9.38. The van der Waals surface area contributed by atoms with Gasteiger partial charge in [0.1, 0.15) is 16.7 Å². The summed E-state index contributed by atoms with van der Waals surface area (Å²) in [6.07, 6.45) is 8.85. The summed E-state index contributed by atoms with van der Waals surface area (Å²) < 4.78 is 0. The molecule has 9 nitrogen and oxygen atoms in total. The molecule has 2 aromatic heterocycles. The lowest BCUT2D eigenvalue weighted by Gasteiger charge is -2.29. The number of aromatic nitrogens is 4. The minimum Gasteiger partial charge on any atom is -0.393 e. The molecule has 0 atom stereocenters. The van der Waals surface area contributed by atoms with Gasteiger partial charge in [-0.1, -0.05) is 25.0 Å². The monoisotopic (exact) mass is 463 g/mol. The molecular weight excluding hydrogens is 430 g/mol. The van der Waals surface area contributed by atoms with Gasteiger partial charge in [0.05, 0.1) is 12.3 Å². The number of piperidine rings is 1. The van der Waals surface area contributed by atoms with Crippen LogP contribution in [0.3, 0.4) is 0 Å². The van der Waals surface area contributed by atoms with Crippen LogP contribution < -0.4 is 15.8 Å². The number of nitrogens with one attached hydrogen (secondary N) is 2. The van der Waals surface area contributed by atoms with E-state index in [1.807, 2.05) is 12.1 Å². The van der Waals surface area contributed by atoms with Gasteiger partial charge in [0, 0.05) is 38.4 Å². The van der Waals surface area contributed by atoms with Crippen molar-refractivity contribution < 1.29 is 5.11 Å². The first-order chi connectivity index (χ1) is 16.7. The fourth-order valence-corrected chi connectivity index (χ4v) is 4.82. The summed E-state index contributed by atoms with van der Waals surface area (Å²) in [5.41, 5.74) is 2.38. The topological polar surface area (TPSA) is 110 Å². The van der Waals surface area contributed by atoms with Gasteiger partial charge in [0.15, 0.2) is 0 Å². The Morgan fingerprint density at radius 2 is 1.74 bits per heavy atom. The van der Waals surface area contributed by atoms with Crippen LogP contribution in [0.1, 0.15) is 44.1 Å². The van der Waals surface area contributed by atoms with Gasteiger partial charge in [-0.25, -0.2) is 10.1 Å². The number of anilines is 3. The van der Waals surface area contributed by atoms with E-state index in [-0.39, 0.29) is 11.7 Å². The smallest absolute Gasteiger partial charge is 0.277 e. The third-order valence-electron chi connectivity index (χ3n) is 6.88. The maximum Gasteiger partial charge on any atom is 0.277 e. The van der Waals surface area contributed by atoms with Crippen molar-refractivity contribution in [3.05, 3.63) is 46.4 Å². The molecule has 0 amide bonds. The second-order valence-corrected chi connectivity index (χ2v) is 9.38. The van der Waals surface area contributed by atoms with E-state index in [0.717, 1.165) is 70.5 Å². The molecule has 9 heteroatoms. The molecule has 2 saturated heterocycles. The van der Waals surface area contributed by atoms with E-state index in [1.54, 1.807) is 6.20 Å². The van der Waals surface area contributed by atoms with Crippen LogP contribution in [0.25, 0.3) is 10.9 Å². The number of fused-ring (bicyclic) bond motifs is 1. The Bertz CT molecular complexity index is 1150. The first kappa shape index (κ1) is 22.7. The minimum atomic E-state index is -0.300. The molecule has 0 saturated carbocycles. The van der Waals surface area contributed by atoms with E-state index in [1.165, 1.54) is 18.4 Å². The van der Waals surface area contributed by atoms with Crippen LogP contribution in [0, 0.1) is 0 Å². The van der Waals surface area contributed by atoms with Crippen LogP contribution in [0.4, 0.5) is 17.5 Å². The van der Waals surface area contributed by atoms with Gasteiger partial charge >= 0.3 is 0 Å². The van der Waals surface area contributed by atoms with Crippen LogP contribution in [0.15, 0.2) is 35.3 Å². The van der Waals surface area contributed by atoms with E-state index in [4.69, 9.17) is 4.98 Å². The number of rotatable bonds is 6. The van der Waals surface area contributed by atoms with Gasteiger partial charge in [0.2, 0.25) is 5.95 Å².